The van der Waals surface area contributed by atoms with E-state index in [9.17, 15) is 4.79 Å². The highest BCUT2D eigenvalue weighted by atomic mass is 16.2. The van der Waals surface area contributed by atoms with Gasteiger partial charge in [-0.3, -0.25) is 4.79 Å². The third kappa shape index (κ3) is 3.27. The second kappa shape index (κ2) is 4.86. The molecule has 1 atom stereocenters. The molecule has 0 spiro atoms. The molecule has 1 amide bonds. The number of carbonyl (C=O) groups is 1. The molecule has 0 aromatic rings. The topological polar surface area (TPSA) is 29.1 Å². The summed E-state index contributed by atoms with van der Waals surface area (Å²) in [5.41, 5.74) is 0.562. The van der Waals surface area contributed by atoms with Crippen LogP contribution >= 0.6 is 0 Å². The molecule has 0 aromatic carbocycles. The summed E-state index contributed by atoms with van der Waals surface area (Å²) < 4.78 is 0. The predicted octanol–water partition coefficient (Wildman–Crippen LogP) is 3.90. The quantitative estimate of drug-likeness (QED) is 0.792. The van der Waals surface area contributed by atoms with E-state index < -0.39 is 0 Å². The molecule has 2 rings (SSSR count). The Bertz CT molecular complexity index is 310. The van der Waals surface area contributed by atoms with Gasteiger partial charge in [-0.15, -0.1) is 0 Å². The average Bonchev–Trinajstić information content (AvgIpc) is 2.58. The van der Waals surface area contributed by atoms with Gasteiger partial charge < -0.3 is 5.32 Å². The van der Waals surface area contributed by atoms with Gasteiger partial charge in [0.1, 0.15) is 0 Å². The van der Waals surface area contributed by atoms with E-state index >= 15 is 0 Å². The Morgan fingerprint density at radius 1 is 1.22 bits per heavy atom. The van der Waals surface area contributed by atoms with Crippen LogP contribution in [0, 0.1) is 17.3 Å². The van der Waals surface area contributed by atoms with Crippen LogP contribution in [-0.4, -0.2) is 11.4 Å². The fourth-order valence-corrected chi connectivity index (χ4v) is 3.87. The molecule has 0 aromatic heterocycles. The average molecular weight is 251 g/mol. The van der Waals surface area contributed by atoms with E-state index in [0.717, 1.165) is 24.7 Å². The van der Waals surface area contributed by atoms with Crippen LogP contribution in [0.25, 0.3) is 0 Å². The molecule has 104 valence electrons. The molecule has 1 aliphatic carbocycles. The Balaban J connectivity index is 1.82. The molecular formula is C16H29NO. The van der Waals surface area contributed by atoms with Gasteiger partial charge >= 0.3 is 0 Å². The van der Waals surface area contributed by atoms with Crippen molar-refractivity contribution in [2.45, 2.75) is 78.2 Å². The van der Waals surface area contributed by atoms with Crippen LogP contribution in [0.2, 0.25) is 0 Å². The van der Waals surface area contributed by atoms with E-state index in [1.165, 1.54) is 32.1 Å². The van der Waals surface area contributed by atoms with Gasteiger partial charge in [-0.25, -0.2) is 0 Å². The lowest BCUT2D eigenvalue weighted by atomic mass is 9.68. The van der Waals surface area contributed by atoms with Crippen LogP contribution in [0.4, 0.5) is 0 Å². The predicted molar refractivity (Wildman–Crippen MR) is 75.3 cm³/mol. The maximum atomic E-state index is 11.4. The molecule has 2 aliphatic rings. The van der Waals surface area contributed by atoms with Gasteiger partial charge in [0.2, 0.25) is 5.91 Å². The molecule has 1 aliphatic heterocycles. The van der Waals surface area contributed by atoms with E-state index in [4.69, 9.17) is 0 Å². The highest BCUT2D eigenvalue weighted by Gasteiger charge is 2.37. The van der Waals surface area contributed by atoms with Crippen molar-refractivity contribution < 1.29 is 4.79 Å². The van der Waals surface area contributed by atoms with Crippen LogP contribution in [0.5, 0.6) is 0 Å². The number of carbonyl (C=O) groups excluding carboxylic acids is 1. The third-order valence-corrected chi connectivity index (χ3v) is 5.16. The van der Waals surface area contributed by atoms with Crippen molar-refractivity contribution in [3.63, 3.8) is 0 Å². The molecule has 1 saturated heterocycles. The van der Waals surface area contributed by atoms with Gasteiger partial charge in [0.25, 0.3) is 0 Å². The smallest absolute Gasteiger partial charge is 0.220 e. The molecule has 1 heterocycles. The van der Waals surface area contributed by atoms with Gasteiger partial charge in [-0.2, -0.15) is 0 Å². The molecule has 0 radical (unpaired) electrons. The summed E-state index contributed by atoms with van der Waals surface area (Å²) in [5, 5.41) is 3.18. The number of amides is 1. The molecule has 1 unspecified atom stereocenters. The maximum absolute atomic E-state index is 11.4. The van der Waals surface area contributed by atoms with Crippen molar-refractivity contribution in [2.75, 3.05) is 0 Å². The largest absolute Gasteiger partial charge is 0.351 e. The van der Waals surface area contributed by atoms with E-state index in [0.29, 0.717) is 5.41 Å². The fraction of sp³-hybridized carbons (Fsp3) is 0.938. The van der Waals surface area contributed by atoms with E-state index in [2.05, 4.69) is 33.0 Å². The summed E-state index contributed by atoms with van der Waals surface area (Å²) in [6, 6.07) is 0. The van der Waals surface area contributed by atoms with Crippen LogP contribution < -0.4 is 5.32 Å². The lowest BCUT2D eigenvalue weighted by Gasteiger charge is -2.39. The minimum Gasteiger partial charge on any atom is -0.351 e. The first kappa shape index (κ1) is 13.9. The fourth-order valence-electron chi connectivity index (χ4n) is 3.87. The van der Waals surface area contributed by atoms with Crippen LogP contribution in [-0.2, 0) is 4.79 Å². The number of rotatable bonds is 2. The number of hydrogen-bond acceptors (Lipinski definition) is 1. The van der Waals surface area contributed by atoms with Crippen molar-refractivity contribution in [3.8, 4) is 0 Å². The zero-order valence-electron chi connectivity index (χ0n) is 12.5. The molecule has 18 heavy (non-hydrogen) atoms. The first-order chi connectivity index (χ1) is 8.28. The summed E-state index contributed by atoms with van der Waals surface area (Å²) in [4.78, 5) is 11.4. The van der Waals surface area contributed by atoms with E-state index in [1.54, 1.807) is 0 Å². The lowest BCUT2D eigenvalue weighted by Crippen LogP contribution is -2.41. The summed E-state index contributed by atoms with van der Waals surface area (Å²) in [6.07, 6.45) is 8.41. The molecule has 1 saturated carbocycles. The summed E-state index contributed by atoms with van der Waals surface area (Å²) in [7, 11) is 0. The normalized spacial score (nSPS) is 37.7. The molecule has 2 heteroatoms. The van der Waals surface area contributed by atoms with Gasteiger partial charge in [0.15, 0.2) is 0 Å². The number of nitrogens with one attached hydrogen (secondary N) is 1. The molecule has 2 fully saturated rings. The minimum atomic E-state index is 0.0936. The molecule has 1 N–H and O–H groups in total. The van der Waals surface area contributed by atoms with Gasteiger partial charge in [-0.05, 0) is 49.9 Å². The van der Waals surface area contributed by atoms with Gasteiger partial charge in [0, 0.05) is 12.0 Å². The second-order valence-electron chi connectivity index (χ2n) is 7.90. The number of hydrogen-bond donors (Lipinski definition) is 1. The van der Waals surface area contributed by atoms with Gasteiger partial charge in [-0.1, -0.05) is 33.6 Å². The first-order valence-corrected chi connectivity index (χ1v) is 7.59. The zero-order valence-corrected chi connectivity index (χ0v) is 12.5. The minimum absolute atomic E-state index is 0.0936. The monoisotopic (exact) mass is 251 g/mol. The summed E-state index contributed by atoms with van der Waals surface area (Å²) >= 11 is 0. The van der Waals surface area contributed by atoms with E-state index in [-0.39, 0.29) is 11.4 Å². The summed E-state index contributed by atoms with van der Waals surface area (Å²) in [5.74, 6) is 1.97. The standard InChI is InChI=1S/C16H29NO/c1-15(2,3)13-7-5-12(6-8-13)11-16(4)10-9-14(18)17-16/h12-13H,5-11H2,1-4H3,(H,17,18). The Labute approximate surface area is 112 Å². The third-order valence-electron chi connectivity index (χ3n) is 5.16. The SMILES string of the molecule is CC1(CC2CCC(C(C)(C)C)CC2)CCC(=O)N1. The van der Waals surface area contributed by atoms with E-state index in [1.807, 2.05) is 0 Å². The second-order valence-corrected chi connectivity index (χ2v) is 7.90. The molecular weight excluding hydrogens is 222 g/mol. The highest BCUT2D eigenvalue weighted by molar-refractivity contribution is 5.79. The van der Waals surface area contributed by atoms with Crippen LogP contribution in [0.1, 0.15) is 72.6 Å². The summed E-state index contributed by atoms with van der Waals surface area (Å²) in [6.45, 7) is 9.34. The first-order valence-electron chi connectivity index (χ1n) is 7.59. The van der Waals surface area contributed by atoms with Crippen molar-refractivity contribution in [2.24, 2.45) is 17.3 Å². The molecule has 0 bridgehead atoms. The van der Waals surface area contributed by atoms with Gasteiger partial charge in [0.05, 0.1) is 0 Å². The van der Waals surface area contributed by atoms with Crippen LogP contribution in [0.3, 0.4) is 0 Å². The van der Waals surface area contributed by atoms with Crippen molar-refractivity contribution in [3.05, 3.63) is 0 Å². The Morgan fingerprint density at radius 3 is 2.28 bits per heavy atom. The van der Waals surface area contributed by atoms with Crippen molar-refractivity contribution >= 4 is 5.91 Å². The molecule has 2 nitrogen and oxygen atoms in total. The van der Waals surface area contributed by atoms with Crippen LogP contribution in [0.15, 0.2) is 0 Å². The highest BCUT2D eigenvalue weighted by Crippen LogP contribution is 2.42. The Hall–Kier alpha value is -0.530. The Morgan fingerprint density at radius 2 is 1.83 bits per heavy atom. The maximum Gasteiger partial charge on any atom is 0.220 e. The Kier molecular flexibility index (Phi) is 3.75. The van der Waals surface area contributed by atoms with Crippen molar-refractivity contribution in [1.82, 2.24) is 5.32 Å². The van der Waals surface area contributed by atoms with Crippen molar-refractivity contribution in [1.29, 1.82) is 0 Å². The lowest BCUT2D eigenvalue weighted by molar-refractivity contribution is -0.119. The zero-order chi connectivity index (χ0) is 13.4.